The maximum Gasteiger partial charge on any atom is 0.344 e. The van der Waals surface area contributed by atoms with Gasteiger partial charge in [0.05, 0.1) is 17.3 Å². The molecule has 0 aromatic heterocycles. The summed E-state index contributed by atoms with van der Waals surface area (Å²) in [6, 6.07) is 27.2. The number of rotatable bonds is 5. The van der Waals surface area contributed by atoms with Crippen LogP contribution in [0.15, 0.2) is 101 Å². The Morgan fingerprint density at radius 1 is 0.806 bits per heavy atom. The summed E-state index contributed by atoms with van der Waals surface area (Å²) >= 11 is 3.34. The Morgan fingerprint density at radius 3 is 2.29 bits per heavy atom. The lowest BCUT2D eigenvalue weighted by molar-refractivity contribution is 0.0736. The van der Waals surface area contributed by atoms with E-state index in [1.165, 1.54) is 6.21 Å². The summed E-state index contributed by atoms with van der Waals surface area (Å²) in [6.45, 7) is 0. The Hall–Kier alpha value is -3.77. The van der Waals surface area contributed by atoms with Gasteiger partial charge in [-0.15, -0.1) is 0 Å². The van der Waals surface area contributed by atoms with E-state index in [0.717, 1.165) is 16.3 Å². The lowest BCUT2D eigenvalue weighted by atomic mass is 10.0. The van der Waals surface area contributed by atoms with Crippen LogP contribution in [0.3, 0.4) is 0 Å². The van der Waals surface area contributed by atoms with Gasteiger partial charge < -0.3 is 4.74 Å². The van der Waals surface area contributed by atoms with Crippen LogP contribution in [-0.2, 0) is 0 Å². The van der Waals surface area contributed by atoms with E-state index in [4.69, 9.17) is 4.74 Å². The molecule has 0 spiro atoms. The fourth-order valence-electron chi connectivity index (χ4n) is 3.06. The van der Waals surface area contributed by atoms with E-state index in [2.05, 4.69) is 26.5 Å². The average molecular weight is 473 g/mol. The van der Waals surface area contributed by atoms with Gasteiger partial charge in [0.15, 0.2) is 0 Å². The Morgan fingerprint density at radius 2 is 1.48 bits per heavy atom. The van der Waals surface area contributed by atoms with Crippen LogP contribution in [0, 0.1) is 0 Å². The highest BCUT2D eigenvalue weighted by Crippen LogP contribution is 2.21. The number of hydrogen-bond donors (Lipinski definition) is 1. The number of halogens is 1. The molecule has 31 heavy (non-hydrogen) atoms. The number of amides is 1. The van der Waals surface area contributed by atoms with E-state index in [-0.39, 0.29) is 5.91 Å². The molecular formula is C25H17BrN2O3. The minimum atomic E-state index is -0.418. The van der Waals surface area contributed by atoms with E-state index in [1.807, 2.05) is 42.5 Å². The first kappa shape index (κ1) is 20.5. The Bertz CT molecular complexity index is 1280. The summed E-state index contributed by atoms with van der Waals surface area (Å²) in [5.74, 6) is -0.310. The zero-order chi connectivity index (χ0) is 21.6. The fraction of sp³-hybridized carbons (Fsp3) is 0. The van der Waals surface area contributed by atoms with Crippen molar-refractivity contribution in [3.8, 4) is 5.75 Å². The van der Waals surface area contributed by atoms with Crippen molar-refractivity contribution in [2.45, 2.75) is 0 Å². The van der Waals surface area contributed by atoms with Crippen molar-refractivity contribution in [1.82, 2.24) is 5.43 Å². The fourth-order valence-corrected chi connectivity index (χ4v) is 3.52. The molecule has 0 fully saturated rings. The molecule has 0 saturated carbocycles. The summed E-state index contributed by atoms with van der Waals surface area (Å²) in [5.41, 5.74) is 4.24. The second kappa shape index (κ2) is 9.36. The van der Waals surface area contributed by atoms with Gasteiger partial charge in [0.1, 0.15) is 5.75 Å². The third-order valence-electron chi connectivity index (χ3n) is 4.60. The Kier molecular flexibility index (Phi) is 6.19. The molecule has 5 nitrogen and oxygen atoms in total. The first-order chi connectivity index (χ1) is 15.1. The SMILES string of the molecule is O=C(N/N=C\c1ccc(OC(=O)c2cccc3ccccc23)cc1)c1ccccc1Br. The molecule has 4 aromatic rings. The number of fused-ring (bicyclic) bond motifs is 1. The minimum absolute atomic E-state index is 0.315. The van der Waals surface area contributed by atoms with Crippen molar-refractivity contribution in [1.29, 1.82) is 0 Å². The van der Waals surface area contributed by atoms with Gasteiger partial charge in [-0.3, -0.25) is 4.79 Å². The number of hydrogen-bond acceptors (Lipinski definition) is 4. The number of esters is 1. The maximum absolute atomic E-state index is 12.6. The van der Waals surface area contributed by atoms with E-state index in [9.17, 15) is 9.59 Å². The molecular weight excluding hydrogens is 456 g/mol. The second-order valence-corrected chi connectivity index (χ2v) is 7.52. The number of carbonyl (C=O) groups excluding carboxylic acids is 2. The van der Waals surface area contributed by atoms with Gasteiger partial charge in [0.2, 0.25) is 0 Å². The normalized spacial score (nSPS) is 10.9. The van der Waals surface area contributed by atoms with Crippen LogP contribution in [0.2, 0.25) is 0 Å². The number of ether oxygens (including phenoxy) is 1. The predicted molar refractivity (Wildman–Crippen MR) is 125 cm³/mol. The van der Waals surface area contributed by atoms with Gasteiger partial charge in [-0.25, -0.2) is 10.2 Å². The summed E-state index contributed by atoms with van der Waals surface area (Å²) in [5, 5.41) is 5.80. The monoisotopic (exact) mass is 472 g/mol. The largest absolute Gasteiger partial charge is 0.423 e. The number of benzene rings is 4. The van der Waals surface area contributed by atoms with Crippen LogP contribution < -0.4 is 10.2 Å². The summed E-state index contributed by atoms with van der Waals surface area (Å²) in [6.07, 6.45) is 1.52. The quantitative estimate of drug-likeness (QED) is 0.178. The first-order valence-electron chi connectivity index (χ1n) is 9.50. The van der Waals surface area contributed by atoms with Crippen LogP contribution in [0.4, 0.5) is 0 Å². The summed E-state index contributed by atoms with van der Waals surface area (Å²) in [7, 11) is 0. The molecule has 0 radical (unpaired) electrons. The average Bonchev–Trinajstić information content (AvgIpc) is 2.80. The lowest BCUT2D eigenvalue weighted by Gasteiger charge is -2.07. The van der Waals surface area contributed by atoms with Crippen molar-refractivity contribution in [3.05, 3.63) is 112 Å². The van der Waals surface area contributed by atoms with Gasteiger partial charge in [-0.2, -0.15) is 5.10 Å². The maximum atomic E-state index is 12.6. The molecule has 1 N–H and O–H groups in total. The molecule has 4 rings (SSSR count). The third-order valence-corrected chi connectivity index (χ3v) is 5.29. The van der Waals surface area contributed by atoms with E-state index in [1.54, 1.807) is 48.5 Å². The van der Waals surface area contributed by atoms with E-state index in [0.29, 0.717) is 21.3 Å². The van der Waals surface area contributed by atoms with Crippen molar-refractivity contribution >= 4 is 44.8 Å². The Labute approximate surface area is 187 Å². The van der Waals surface area contributed by atoms with E-state index >= 15 is 0 Å². The second-order valence-electron chi connectivity index (χ2n) is 6.66. The highest BCUT2D eigenvalue weighted by molar-refractivity contribution is 9.10. The molecule has 0 bridgehead atoms. The summed E-state index contributed by atoms with van der Waals surface area (Å²) in [4.78, 5) is 24.8. The third kappa shape index (κ3) is 4.87. The molecule has 6 heteroatoms. The molecule has 0 aliphatic rings. The molecule has 0 heterocycles. The molecule has 0 unspecified atom stereocenters. The van der Waals surface area contributed by atoms with Gasteiger partial charge in [0, 0.05) is 4.47 Å². The van der Waals surface area contributed by atoms with E-state index < -0.39 is 5.97 Å². The number of nitrogens with zero attached hydrogens (tertiary/aromatic N) is 1. The zero-order valence-electron chi connectivity index (χ0n) is 16.3. The van der Waals surface area contributed by atoms with Crippen LogP contribution in [0.25, 0.3) is 10.8 Å². The first-order valence-corrected chi connectivity index (χ1v) is 10.3. The van der Waals surface area contributed by atoms with Crippen molar-refractivity contribution in [3.63, 3.8) is 0 Å². The number of nitrogens with one attached hydrogen (secondary N) is 1. The van der Waals surface area contributed by atoms with Gasteiger partial charge in [0.25, 0.3) is 5.91 Å². The molecule has 0 aliphatic carbocycles. The number of carbonyl (C=O) groups is 2. The minimum Gasteiger partial charge on any atom is -0.423 e. The van der Waals surface area contributed by atoms with Gasteiger partial charge in [-0.1, -0.05) is 48.5 Å². The smallest absolute Gasteiger partial charge is 0.344 e. The zero-order valence-corrected chi connectivity index (χ0v) is 17.9. The molecule has 0 atom stereocenters. The van der Waals surface area contributed by atoms with Crippen molar-refractivity contribution in [2.24, 2.45) is 5.10 Å². The standard InChI is InChI=1S/C25H17BrN2O3/c26-23-11-4-3-9-22(23)24(29)28-27-16-17-12-14-19(15-13-17)31-25(30)21-10-5-7-18-6-1-2-8-20(18)21/h1-16H,(H,28,29)/b27-16-. The Balaban J connectivity index is 1.40. The predicted octanol–water partition coefficient (Wildman–Crippen LogP) is 5.59. The van der Waals surface area contributed by atoms with Crippen LogP contribution in [0.1, 0.15) is 26.3 Å². The molecule has 152 valence electrons. The lowest BCUT2D eigenvalue weighted by Crippen LogP contribution is -2.18. The molecule has 0 aliphatic heterocycles. The van der Waals surface area contributed by atoms with Crippen molar-refractivity contribution < 1.29 is 14.3 Å². The molecule has 4 aromatic carbocycles. The number of hydrazone groups is 1. The van der Waals surface area contributed by atoms with Crippen LogP contribution in [0.5, 0.6) is 5.75 Å². The molecule has 1 amide bonds. The topological polar surface area (TPSA) is 67.8 Å². The van der Waals surface area contributed by atoms with Crippen LogP contribution >= 0.6 is 15.9 Å². The van der Waals surface area contributed by atoms with Gasteiger partial charge in [-0.05, 0) is 74.7 Å². The highest BCUT2D eigenvalue weighted by atomic mass is 79.9. The van der Waals surface area contributed by atoms with Gasteiger partial charge >= 0.3 is 5.97 Å². The van der Waals surface area contributed by atoms with Crippen LogP contribution in [-0.4, -0.2) is 18.1 Å². The summed E-state index contributed by atoms with van der Waals surface area (Å²) < 4.78 is 6.21. The highest BCUT2D eigenvalue weighted by Gasteiger charge is 2.12. The molecule has 0 saturated heterocycles. The van der Waals surface area contributed by atoms with Crippen molar-refractivity contribution in [2.75, 3.05) is 0 Å².